The second-order valence-corrected chi connectivity index (χ2v) is 6.42. The van der Waals surface area contributed by atoms with Crippen molar-refractivity contribution in [2.75, 3.05) is 14.2 Å². The number of para-hydroxylation sites is 2. The van der Waals surface area contributed by atoms with E-state index >= 15 is 0 Å². The molecule has 0 saturated carbocycles. The average Bonchev–Trinajstić information content (AvgIpc) is 3.27. The lowest BCUT2D eigenvalue weighted by Crippen LogP contribution is -2.25. The SMILES string of the molecule is CCn1c(C(=O)NCc2cccc(OC)c2OC)cc2oc3ccccc3c21. The summed E-state index contributed by atoms with van der Waals surface area (Å²) in [6.07, 6.45) is 0. The number of benzene rings is 2. The number of hydrogen-bond acceptors (Lipinski definition) is 4. The minimum atomic E-state index is -0.165. The molecule has 0 fully saturated rings. The molecule has 0 radical (unpaired) electrons. The first-order chi connectivity index (χ1) is 13.7. The van der Waals surface area contributed by atoms with Crippen LogP contribution in [0.5, 0.6) is 11.5 Å². The summed E-state index contributed by atoms with van der Waals surface area (Å²) in [5, 5.41) is 3.99. The topological polar surface area (TPSA) is 65.6 Å². The number of rotatable bonds is 6. The third-order valence-electron chi connectivity index (χ3n) is 4.90. The summed E-state index contributed by atoms with van der Waals surface area (Å²) in [6, 6.07) is 15.3. The van der Waals surface area contributed by atoms with Crippen molar-refractivity contribution < 1.29 is 18.7 Å². The van der Waals surface area contributed by atoms with Crippen LogP contribution in [0.3, 0.4) is 0 Å². The van der Waals surface area contributed by atoms with Crippen LogP contribution in [0.1, 0.15) is 23.0 Å². The molecule has 2 aromatic carbocycles. The Kier molecular flexibility index (Phi) is 4.69. The summed E-state index contributed by atoms with van der Waals surface area (Å²) in [5.41, 5.74) is 3.90. The zero-order valence-electron chi connectivity index (χ0n) is 16.1. The second kappa shape index (κ2) is 7.31. The van der Waals surface area contributed by atoms with Gasteiger partial charge in [-0.05, 0) is 25.1 Å². The van der Waals surface area contributed by atoms with Gasteiger partial charge in [-0.15, -0.1) is 0 Å². The molecule has 0 saturated heterocycles. The fourth-order valence-electron chi connectivity index (χ4n) is 3.63. The quantitative estimate of drug-likeness (QED) is 0.542. The number of carbonyl (C=O) groups excluding carboxylic acids is 1. The Balaban J connectivity index is 1.65. The number of amides is 1. The van der Waals surface area contributed by atoms with Crippen LogP contribution >= 0.6 is 0 Å². The number of carbonyl (C=O) groups is 1. The van der Waals surface area contributed by atoms with Gasteiger partial charge in [-0.3, -0.25) is 4.79 Å². The minimum absolute atomic E-state index is 0.165. The molecule has 0 spiro atoms. The van der Waals surface area contributed by atoms with Gasteiger partial charge in [0.25, 0.3) is 5.91 Å². The molecule has 0 atom stereocenters. The maximum absolute atomic E-state index is 12.9. The van der Waals surface area contributed by atoms with Crippen LogP contribution in [0.25, 0.3) is 22.1 Å². The van der Waals surface area contributed by atoms with Crippen LogP contribution in [0.15, 0.2) is 52.9 Å². The molecule has 28 heavy (non-hydrogen) atoms. The Morgan fingerprint density at radius 2 is 1.89 bits per heavy atom. The Morgan fingerprint density at radius 1 is 1.07 bits per heavy atom. The van der Waals surface area contributed by atoms with Crippen molar-refractivity contribution in [3.8, 4) is 11.5 Å². The van der Waals surface area contributed by atoms with Gasteiger partial charge in [0, 0.05) is 30.1 Å². The molecular weight excluding hydrogens is 356 g/mol. The van der Waals surface area contributed by atoms with E-state index in [4.69, 9.17) is 13.9 Å². The van der Waals surface area contributed by atoms with Gasteiger partial charge in [0.15, 0.2) is 17.1 Å². The van der Waals surface area contributed by atoms with Crippen molar-refractivity contribution >= 4 is 28.0 Å². The van der Waals surface area contributed by atoms with Crippen LogP contribution < -0.4 is 14.8 Å². The third-order valence-corrected chi connectivity index (χ3v) is 4.90. The average molecular weight is 378 g/mol. The highest BCUT2D eigenvalue weighted by Gasteiger charge is 2.20. The predicted molar refractivity (Wildman–Crippen MR) is 108 cm³/mol. The van der Waals surface area contributed by atoms with Gasteiger partial charge in [-0.25, -0.2) is 0 Å². The lowest BCUT2D eigenvalue weighted by atomic mass is 10.2. The van der Waals surface area contributed by atoms with Gasteiger partial charge in [0.2, 0.25) is 0 Å². The first-order valence-electron chi connectivity index (χ1n) is 9.16. The number of aryl methyl sites for hydroxylation is 1. The van der Waals surface area contributed by atoms with E-state index in [9.17, 15) is 4.79 Å². The summed E-state index contributed by atoms with van der Waals surface area (Å²) in [5.74, 6) is 1.09. The van der Waals surface area contributed by atoms with Crippen molar-refractivity contribution in [3.63, 3.8) is 0 Å². The van der Waals surface area contributed by atoms with E-state index in [2.05, 4.69) is 5.32 Å². The van der Waals surface area contributed by atoms with E-state index in [1.165, 1.54) is 0 Å². The van der Waals surface area contributed by atoms with Crippen molar-refractivity contribution in [1.29, 1.82) is 0 Å². The summed E-state index contributed by atoms with van der Waals surface area (Å²) in [4.78, 5) is 12.9. The van der Waals surface area contributed by atoms with Crippen molar-refractivity contribution in [2.24, 2.45) is 0 Å². The number of furan rings is 1. The molecule has 2 aromatic heterocycles. The van der Waals surface area contributed by atoms with E-state index in [1.54, 1.807) is 20.3 Å². The number of aromatic nitrogens is 1. The molecule has 144 valence electrons. The molecule has 0 aliphatic carbocycles. The molecule has 1 amide bonds. The van der Waals surface area contributed by atoms with E-state index in [-0.39, 0.29) is 5.91 Å². The van der Waals surface area contributed by atoms with Crippen LogP contribution in [-0.4, -0.2) is 24.7 Å². The number of ether oxygens (including phenoxy) is 2. The molecule has 1 N–H and O–H groups in total. The second-order valence-electron chi connectivity index (χ2n) is 6.42. The zero-order chi connectivity index (χ0) is 19.7. The molecule has 0 bridgehead atoms. The summed E-state index contributed by atoms with van der Waals surface area (Å²) in [6.45, 7) is 3.01. The normalized spacial score (nSPS) is 11.1. The molecule has 4 rings (SSSR count). The number of hydrogen-bond donors (Lipinski definition) is 1. The van der Waals surface area contributed by atoms with E-state index < -0.39 is 0 Å². The number of methoxy groups -OCH3 is 2. The maximum Gasteiger partial charge on any atom is 0.268 e. The van der Waals surface area contributed by atoms with Gasteiger partial charge >= 0.3 is 0 Å². The highest BCUT2D eigenvalue weighted by Crippen LogP contribution is 2.32. The minimum Gasteiger partial charge on any atom is -0.493 e. The molecular formula is C22H22N2O4. The number of fused-ring (bicyclic) bond motifs is 3. The monoisotopic (exact) mass is 378 g/mol. The van der Waals surface area contributed by atoms with Crippen LogP contribution in [0.4, 0.5) is 0 Å². The van der Waals surface area contributed by atoms with Gasteiger partial charge in [-0.2, -0.15) is 0 Å². The van der Waals surface area contributed by atoms with Crippen LogP contribution in [0, 0.1) is 0 Å². The van der Waals surface area contributed by atoms with E-state index in [0.717, 1.165) is 22.0 Å². The first-order valence-corrected chi connectivity index (χ1v) is 9.16. The predicted octanol–water partition coefficient (Wildman–Crippen LogP) is 4.35. The fraction of sp³-hybridized carbons (Fsp3) is 0.227. The molecule has 6 nitrogen and oxygen atoms in total. The first kappa shape index (κ1) is 18.0. The Labute approximate surface area is 162 Å². The summed E-state index contributed by atoms with van der Waals surface area (Å²) < 4.78 is 18.7. The zero-order valence-corrected chi connectivity index (χ0v) is 16.1. The standard InChI is InChI=1S/C22H22N2O4/c1-4-24-16(12-19-20(24)15-9-5-6-10-17(15)28-19)22(25)23-13-14-8-7-11-18(26-2)21(14)27-3/h5-12H,4,13H2,1-3H3,(H,23,25). The summed E-state index contributed by atoms with van der Waals surface area (Å²) in [7, 11) is 3.18. The van der Waals surface area contributed by atoms with Gasteiger partial charge in [0.1, 0.15) is 11.3 Å². The van der Waals surface area contributed by atoms with Crippen molar-refractivity contribution in [3.05, 3.63) is 59.8 Å². The molecule has 2 heterocycles. The molecule has 0 unspecified atom stereocenters. The maximum atomic E-state index is 12.9. The van der Waals surface area contributed by atoms with Crippen molar-refractivity contribution in [1.82, 2.24) is 9.88 Å². The Bertz CT molecular complexity index is 1160. The van der Waals surface area contributed by atoms with Crippen LogP contribution in [0.2, 0.25) is 0 Å². The summed E-state index contributed by atoms with van der Waals surface area (Å²) >= 11 is 0. The van der Waals surface area contributed by atoms with Crippen LogP contribution in [-0.2, 0) is 13.1 Å². The highest BCUT2D eigenvalue weighted by atomic mass is 16.5. The largest absolute Gasteiger partial charge is 0.493 e. The smallest absolute Gasteiger partial charge is 0.268 e. The molecule has 0 aliphatic rings. The van der Waals surface area contributed by atoms with Gasteiger partial charge in [-0.1, -0.05) is 24.3 Å². The molecule has 4 aromatic rings. The highest BCUT2D eigenvalue weighted by molar-refractivity contribution is 6.07. The van der Waals surface area contributed by atoms with E-state index in [1.807, 2.05) is 54.0 Å². The lowest BCUT2D eigenvalue weighted by molar-refractivity contribution is 0.0942. The number of nitrogens with one attached hydrogen (secondary N) is 1. The van der Waals surface area contributed by atoms with Gasteiger partial charge in [0.05, 0.1) is 19.7 Å². The lowest BCUT2D eigenvalue weighted by Gasteiger charge is -2.13. The van der Waals surface area contributed by atoms with E-state index in [0.29, 0.717) is 35.9 Å². The van der Waals surface area contributed by atoms with Crippen molar-refractivity contribution in [2.45, 2.75) is 20.0 Å². The number of nitrogens with zero attached hydrogens (tertiary/aromatic N) is 1. The van der Waals surface area contributed by atoms with Gasteiger partial charge < -0.3 is 23.8 Å². The third kappa shape index (κ3) is 2.87. The fourth-order valence-corrected chi connectivity index (χ4v) is 3.63. The Hall–Kier alpha value is -3.41. The molecule has 0 aliphatic heterocycles. The Morgan fingerprint density at radius 3 is 2.64 bits per heavy atom. The molecule has 6 heteroatoms.